The molecule has 3 heteroatoms. The van der Waals surface area contributed by atoms with Crippen molar-refractivity contribution in [2.45, 2.75) is 6.42 Å². The Balaban J connectivity index is 2.60. The lowest BCUT2D eigenvalue weighted by Gasteiger charge is -2.01. The zero-order valence-electron chi connectivity index (χ0n) is 5.41. The summed E-state index contributed by atoms with van der Waals surface area (Å²) >= 11 is 0. The van der Waals surface area contributed by atoms with Gasteiger partial charge in [0.1, 0.15) is 0 Å². The van der Waals surface area contributed by atoms with Crippen molar-refractivity contribution < 1.29 is 14.7 Å². The van der Waals surface area contributed by atoms with E-state index in [-0.39, 0.29) is 24.6 Å². The van der Waals surface area contributed by atoms with Crippen molar-refractivity contribution in [1.82, 2.24) is 0 Å². The average molecular weight is 140 g/mol. The average Bonchev–Trinajstić information content (AvgIpc) is 2.20. The van der Waals surface area contributed by atoms with Crippen LogP contribution in [0.4, 0.5) is 0 Å². The van der Waals surface area contributed by atoms with Crippen molar-refractivity contribution in [1.29, 1.82) is 0 Å². The van der Waals surface area contributed by atoms with E-state index < -0.39 is 5.92 Å². The molecule has 0 aromatic rings. The van der Waals surface area contributed by atoms with Gasteiger partial charge in [-0.1, -0.05) is 0 Å². The van der Waals surface area contributed by atoms with Crippen molar-refractivity contribution in [3.63, 3.8) is 0 Å². The van der Waals surface area contributed by atoms with E-state index >= 15 is 0 Å². The van der Waals surface area contributed by atoms with Crippen LogP contribution in [0.1, 0.15) is 6.42 Å². The molecule has 54 valence electrons. The van der Waals surface area contributed by atoms with Crippen LogP contribution in [0.5, 0.6) is 0 Å². The number of aliphatic hydroxyl groups is 1. The fraction of sp³-hybridized carbons (Fsp3) is 0.429. The second-order valence-electron chi connectivity index (χ2n) is 2.20. The van der Waals surface area contributed by atoms with Crippen LogP contribution >= 0.6 is 0 Å². The Morgan fingerprint density at radius 1 is 1.30 bits per heavy atom. The van der Waals surface area contributed by atoms with Gasteiger partial charge in [-0.15, -0.1) is 0 Å². The minimum Gasteiger partial charge on any atom is -0.396 e. The van der Waals surface area contributed by atoms with Crippen LogP contribution in [-0.4, -0.2) is 23.3 Å². The van der Waals surface area contributed by atoms with Crippen LogP contribution in [0, 0.1) is 5.92 Å². The second-order valence-corrected chi connectivity index (χ2v) is 2.20. The van der Waals surface area contributed by atoms with E-state index in [9.17, 15) is 9.59 Å². The predicted octanol–water partition coefficient (Wildman–Crippen LogP) is -0.307. The molecule has 0 saturated carbocycles. The highest BCUT2D eigenvalue weighted by atomic mass is 16.3. The molecule has 1 rings (SSSR count). The summed E-state index contributed by atoms with van der Waals surface area (Å²) in [5.74, 6) is -0.955. The lowest BCUT2D eigenvalue weighted by Crippen LogP contribution is -2.16. The maximum atomic E-state index is 10.8. The maximum Gasteiger partial charge on any atom is 0.166 e. The molecule has 0 aromatic heterocycles. The molecule has 0 bridgehead atoms. The van der Waals surface area contributed by atoms with Crippen molar-refractivity contribution in [3.05, 3.63) is 12.2 Å². The van der Waals surface area contributed by atoms with Gasteiger partial charge in [0.15, 0.2) is 11.6 Å². The summed E-state index contributed by atoms with van der Waals surface area (Å²) in [6.07, 6.45) is 2.79. The van der Waals surface area contributed by atoms with Gasteiger partial charge in [0.2, 0.25) is 0 Å². The van der Waals surface area contributed by atoms with E-state index in [1.165, 1.54) is 12.2 Å². The van der Waals surface area contributed by atoms with Crippen molar-refractivity contribution in [2.75, 3.05) is 6.61 Å². The molecule has 0 spiro atoms. The Morgan fingerprint density at radius 2 is 1.80 bits per heavy atom. The highest BCUT2D eigenvalue weighted by molar-refractivity contribution is 6.18. The Morgan fingerprint density at radius 3 is 2.20 bits per heavy atom. The zero-order valence-corrected chi connectivity index (χ0v) is 5.41. The van der Waals surface area contributed by atoms with E-state index in [0.717, 1.165) is 0 Å². The Bertz CT molecular complexity index is 175. The summed E-state index contributed by atoms with van der Waals surface area (Å²) in [7, 11) is 0. The van der Waals surface area contributed by atoms with Crippen LogP contribution in [0.2, 0.25) is 0 Å². The van der Waals surface area contributed by atoms with E-state index in [4.69, 9.17) is 5.11 Å². The van der Waals surface area contributed by atoms with E-state index in [2.05, 4.69) is 0 Å². The van der Waals surface area contributed by atoms with E-state index in [0.29, 0.717) is 0 Å². The molecule has 1 aliphatic rings. The Labute approximate surface area is 58.4 Å². The number of hydrogen-bond donors (Lipinski definition) is 1. The van der Waals surface area contributed by atoms with Gasteiger partial charge in [-0.2, -0.15) is 0 Å². The van der Waals surface area contributed by atoms with E-state index in [1.54, 1.807) is 0 Å². The fourth-order valence-corrected chi connectivity index (χ4v) is 0.950. The van der Waals surface area contributed by atoms with Crippen LogP contribution in [0.15, 0.2) is 12.2 Å². The summed E-state index contributed by atoms with van der Waals surface area (Å²) in [5.41, 5.74) is 0. The molecule has 0 aromatic carbocycles. The number of aliphatic hydroxyl groups excluding tert-OH is 1. The van der Waals surface area contributed by atoms with Gasteiger partial charge in [-0.05, 0) is 18.6 Å². The lowest BCUT2D eigenvalue weighted by atomic mass is 10.0. The standard InChI is InChI=1S/C7H8O3/c8-4-3-5-6(9)1-2-7(5)10/h1-2,5,8H,3-4H2. The highest BCUT2D eigenvalue weighted by Crippen LogP contribution is 2.13. The van der Waals surface area contributed by atoms with Gasteiger partial charge in [0, 0.05) is 6.61 Å². The van der Waals surface area contributed by atoms with Gasteiger partial charge < -0.3 is 5.11 Å². The number of hydrogen-bond acceptors (Lipinski definition) is 3. The van der Waals surface area contributed by atoms with Gasteiger partial charge in [-0.25, -0.2) is 0 Å². The van der Waals surface area contributed by atoms with E-state index in [1.807, 2.05) is 0 Å². The molecule has 0 atom stereocenters. The first-order chi connectivity index (χ1) is 4.75. The van der Waals surface area contributed by atoms with Crippen LogP contribution in [0.3, 0.4) is 0 Å². The van der Waals surface area contributed by atoms with Gasteiger partial charge in [0.25, 0.3) is 0 Å². The number of rotatable bonds is 2. The smallest absolute Gasteiger partial charge is 0.166 e. The molecule has 0 aliphatic heterocycles. The zero-order chi connectivity index (χ0) is 7.56. The van der Waals surface area contributed by atoms with Gasteiger partial charge in [-0.3, -0.25) is 9.59 Å². The lowest BCUT2D eigenvalue weighted by molar-refractivity contribution is -0.126. The molecule has 0 fully saturated rings. The molecule has 0 heterocycles. The van der Waals surface area contributed by atoms with Gasteiger partial charge >= 0.3 is 0 Å². The summed E-state index contributed by atoms with van der Waals surface area (Å²) in [5, 5.41) is 8.43. The summed E-state index contributed by atoms with van der Waals surface area (Å²) in [4.78, 5) is 21.5. The Kier molecular flexibility index (Phi) is 1.97. The monoisotopic (exact) mass is 140 g/mol. The first-order valence-electron chi connectivity index (χ1n) is 3.12. The van der Waals surface area contributed by atoms with Crippen molar-refractivity contribution in [2.24, 2.45) is 5.92 Å². The SMILES string of the molecule is O=C1C=CC(=O)C1CCO. The number of carbonyl (C=O) groups is 2. The molecular weight excluding hydrogens is 132 g/mol. The quantitative estimate of drug-likeness (QED) is 0.535. The summed E-state index contributed by atoms with van der Waals surface area (Å²) < 4.78 is 0. The first kappa shape index (κ1) is 7.15. The summed E-state index contributed by atoms with van der Waals surface area (Å²) in [6.45, 7) is -0.107. The minimum atomic E-state index is -0.593. The minimum absolute atomic E-state index is 0.107. The van der Waals surface area contributed by atoms with Crippen molar-refractivity contribution in [3.8, 4) is 0 Å². The third-order valence-electron chi connectivity index (χ3n) is 1.52. The highest BCUT2D eigenvalue weighted by Gasteiger charge is 2.26. The third kappa shape index (κ3) is 1.14. The predicted molar refractivity (Wildman–Crippen MR) is 34.3 cm³/mol. The largest absolute Gasteiger partial charge is 0.396 e. The number of carbonyl (C=O) groups excluding carboxylic acids is 2. The molecule has 0 unspecified atom stereocenters. The van der Waals surface area contributed by atoms with Crippen LogP contribution in [0.25, 0.3) is 0 Å². The fourth-order valence-electron chi connectivity index (χ4n) is 0.950. The topological polar surface area (TPSA) is 54.4 Å². The summed E-state index contributed by atoms with van der Waals surface area (Å²) in [6, 6.07) is 0. The molecule has 3 nitrogen and oxygen atoms in total. The maximum absolute atomic E-state index is 10.8. The molecule has 1 aliphatic carbocycles. The van der Waals surface area contributed by atoms with Crippen molar-refractivity contribution >= 4 is 11.6 Å². The molecule has 0 amide bonds. The number of ketones is 2. The second kappa shape index (κ2) is 2.75. The van der Waals surface area contributed by atoms with Crippen LogP contribution < -0.4 is 0 Å². The van der Waals surface area contributed by atoms with Gasteiger partial charge in [0.05, 0.1) is 5.92 Å². The third-order valence-corrected chi connectivity index (χ3v) is 1.52. The van der Waals surface area contributed by atoms with Crippen LogP contribution in [-0.2, 0) is 9.59 Å². The Hall–Kier alpha value is -0.960. The molecule has 0 saturated heterocycles. The molecule has 0 radical (unpaired) electrons. The normalized spacial score (nSPS) is 18.9. The number of allylic oxidation sites excluding steroid dienone is 2. The molecule has 1 N–H and O–H groups in total. The first-order valence-corrected chi connectivity index (χ1v) is 3.12. The molecular formula is C7H8O3. The molecule has 10 heavy (non-hydrogen) atoms.